The first kappa shape index (κ1) is 29.1. The molecule has 4 aromatic rings. The Kier molecular flexibility index (Phi) is 8.47. The van der Waals surface area contributed by atoms with Crippen molar-refractivity contribution in [2.75, 3.05) is 15.9 Å². The Balaban J connectivity index is 1.49. The molecule has 0 aliphatic rings. The molecule has 0 heterocycles. The molecule has 0 aliphatic carbocycles. The monoisotopic (exact) mass is 574 g/mol. The highest BCUT2D eigenvalue weighted by molar-refractivity contribution is 7.92. The molecular weight excluding hydrogens is 544 g/mol. The average molecular weight is 575 g/mol. The molecule has 4 rings (SSSR count). The van der Waals surface area contributed by atoms with Crippen LogP contribution in [-0.4, -0.2) is 26.4 Å². The third-order valence-electron chi connectivity index (χ3n) is 6.49. The van der Waals surface area contributed by atoms with E-state index in [9.17, 15) is 18.0 Å². The van der Waals surface area contributed by atoms with Crippen molar-refractivity contribution >= 4 is 44.7 Å². The lowest BCUT2D eigenvalue weighted by molar-refractivity contribution is 0.102. The van der Waals surface area contributed by atoms with Crippen LogP contribution in [0.2, 0.25) is 5.02 Å². The van der Waals surface area contributed by atoms with Gasteiger partial charge in [0.2, 0.25) is 10.0 Å². The van der Waals surface area contributed by atoms with Crippen molar-refractivity contribution in [1.82, 2.24) is 0 Å². The van der Waals surface area contributed by atoms with Crippen LogP contribution in [0.3, 0.4) is 0 Å². The molecule has 0 aliphatic heterocycles. The second-order valence-corrected chi connectivity index (χ2v) is 12.9. The minimum atomic E-state index is -3.62. The Morgan fingerprint density at radius 3 is 2.02 bits per heavy atom. The van der Waals surface area contributed by atoms with Crippen molar-refractivity contribution in [2.24, 2.45) is 0 Å². The van der Waals surface area contributed by atoms with E-state index in [1.165, 1.54) is 4.31 Å². The minimum absolute atomic E-state index is 0.0112. The number of nitrogens with one attached hydrogen (secondary N) is 1. The van der Waals surface area contributed by atoms with Gasteiger partial charge in [0.1, 0.15) is 0 Å². The molecule has 0 fully saturated rings. The molecule has 0 radical (unpaired) electrons. The van der Waals surface area contributed by atoms with E-state index in [0.717, 1.165) is 11.8 Å². The number of hydrogen-bond donors (Lipinski definition) is 1. The number of halogens is 1. The Labute approximate surface area is 240 Å². The molecule has 8 heteroatoms. The Bertz CT molecular complexity index is 1640. The van der Waals surface area contributed by atoms with E-state index in [2.05, 4.69) is 26.1 Å². The highest BCUT2D eigenvalue weighted by Crippen LogP contribution is 2.26. The number of nitrogens with zero attached hydrogens (tertiary/aromatic N) is 1. The van der Waals surface area contributed by atoms with Gasteiger partial charge in [-0.1, -0.05) is 87.0 Å². The standard InChI is InChI=1S/C32H31ClN2O4S/c1-32(2,3)26-16-12-22(13-17-26)30(36)24-9-7-10-27(20-24)34-31(37)23-14-18-28(19-15-23)35(40(4,38)39)21-25-8-5-6-11-29(25)33/h5-20H,21H2,1-4H3,(H,34,37). The minimum Gasteiger partial charge on any atom is -0.322 e. The van der Waals surface area contributed by atoms with Gasteiger partial charge in [-0.3, -0.25) is 13.9 Å². The summed E-state index contributed by atoms with van der Waals surface area (Å²) in [6.07, 6.45) is 1.12. The van der Waals surface area contributed by atoms with Gasteiger partial charge in [0.25, 0.3) is 5.91 Å². The molecule has 0 saturated carbocycles. The Hall–Kier alpha value is -3.94. The number of carbonyl (C=O) groups is 2. The molecule has 0 aromatic heterocycles. The maximum atomic E-state index is 13.1. The van der Waals surface area contributed by atoms with Crippen molar-refractivity contribution in [1.29, 1.82) is 0 Å². The molecule has 1 amide bonds. The van der Waals surface area contributed by atoms with Crippen molar-refractivity contribution in [3.05, 3.63) is 130 Å². The molecule has 6 nitrogen and oxygen atoms in total. The summed E-state index contributed by atoms with van der Waals surface area (Å²) >= 11 is 6.24. The molecule has 1 N–H and O–H groups in total. The number of sulfonamides is 1. The van der Waals surface area contributed by atoms with Crippen LogP contribution in [-0.2, 0) is 22.0 Å². The lowest BCUT2D eigenvalue weighted by Gasteiger charge is -2.23. The summed E-state index contributed by atoms with van der Waals surface area (Å²) in [5.41, 5.74) is 4.04. The molecule has 0 bridgehead atoms. The molecule has 0 atom stereocenters. The van der Waals surface area contributed by atoms with Gasteiger partial charge >= 0.3 is 0 Å². The summed E-state index contributed by atoms with van der Waals surface area (Å²) < 4.78 is 26.3. The van der Waals surface area contributed by atoms with Crippen LogP contribution in [0.5, 0.6) is 0 Å². The zero-order valence-corrected chi connectivity index (χ0v) is 24.4. The highest BCUT2D eigenvalue weighted by Gasteiger charge is 2.20. The van der Waals surface area contributed by atoms with Gasteiger partial charge in [0.15, 0.2) is 5.78 Å². The highest BCUT2D eigenvalue weighted by atomic mass is 35.5. The summed E-state index contributed by atoms with van der Waals surface area (Å²) in [5.74, 6) is -0.525. The zero-order chi connectivity index (χ0) is 29.1. The lowest BCUT2D eigenvalue weighted by atomic mass is 9.86. The number of benzene rings is 4. The van der Waals surface area contributed by atoms with E-state index in [-0.39, 0.29) is 23.7 Å². The summed E-state index contributed by atoms with van der Waals surface area (Å²) in [6.45, 7) is 6.41. The smallest absolute Gasteiger partial charge is 0.255 e. The van der Waals surface area contributed by atoms with Gasteiger partial charge in [0, 0.05) is 27.4 Å². The lowest BCUT2D eigenvalue weighted by Crippen LogP contribution is -2.29. The third-order valence-corrected chi connectivity index (χ3v) is 7.99. The first-order chi connectivity index (χ1) is 18.8. The van der Waals surface area contributed by atoms with Crippen LogP contribution in [0, 0.1) is 0 Å². The maximum absolute atomic E-state index is 13.1. The zero-order valence-electron chi connectivity index (χ0n) is 22.8. The van der Waals surface area contributed by atoms with Crippen molar-refractivity contribution in [3.63, 3.8) is 0 Å². The normalized spacial score (nSPS) is 11.6. The van der Waals surface area contributed by atoms with Gasteiger partial charge in [-0.25, -0.2) is 8.42 Å². The molecule has 206 valence electrons. The fourth-order valence-corrected chi connectivity index (χ4v) is 5.26. The third kappa shape index (κ3) is 6.97. The molecule has 40 heavy (non-hydrogen) atoms. The first-order valence-corrected chi connectivity index (χ1v) is 14.9. The van der Waals surface area contributed by atoms with Crippen LogP contribution in [0.25, 0.3) is 0 Å². The van der Waals surface area contributed by atoms with E-state index in [0.29, 0.717) is 38.7 Å². The van der Waals surface area contributed by atoms with Gasteiger partial charge in [0.05, 0.1) is 18.5 Å². The summed E-state index contributed by atoms with van der Waals surface area (Å²) in [4.78, 5) is 26.0. The van der Waals surface area contributed by atoms with Gasteiger partial charge in [-0.2, -0.15) is 0 Å². The van der Waals surface area contributed by atoms with Gasteiger partial charge in [-0.15, -0.1) is 0 Å². The van der Waals surface area contributed by atoms with Crippen LogP contribution in [0.1, 0.15) is 58.2 Å². The molecule has 0 spiro atoms. The molecule has 4 aromatic carbocycles. The Morgan fingerprint density at radius 2 is 1.43 bits per heavy atom. The number of rotatable bonds is 8. The van der Waals surface area contributed by atoms with Gasteiger partial charge in [-0.05, 0) is 59.0 Å². The first-order valence-electron chi connectivity index (χ1n) is 12.7. The van der Waals surface area contributed by atoms with Crippen LogP contribution >= 0.6 is 11.6 Å². The second kappa shape index (κ2) is 11.7. The average Bonchev–Trinajstić information content (AvgIpc) is 2.91. The van der Waals surface area contributed by atoms with Crippen LogP contribution in [0.15, 0.2) is 97.1 Å². The predicted molar refractivity (Wildman–Crippen MR) is 162 cm³/mol. The van der Waals surface area contributed by atoms with E-state index >= 15 is 0 Å². The number of carbonyl (C=O) groups excluding carboxylic acids is 2. The fourth-order valence-electron chi connectivity index (χ4n) is 4.19. The van der Waals surface area contributed by atoms with E-state index in [4.69, 9.17) is 11.6 Å². The van der Waals surface area contributed by atoms with Gasteiger partial charge < -0.3 is 5.32 Å². The van der Waals surface area contributed by atoms with Crippen LogP contribution in [0.4, 0.5) is 11.4 Å². The molecular formula is C32H31ClN2O4S. The van der Waals surface area contributed by atoms with E-state index < -0.39 is 10.0 Å². The fraction of sp³-hybridized carbons (Fsp3) is 0.188. The maximum Gasteiger partial charge on any atom is 0.255 e. The SMILES string of the molecule is CC(C)(C)c1ccc(C(=O)c2cccc(NC(=O)c3ccc(N(Cc4ccccc4Cl)S(C)(=O)=O)cc3)c2)cc1. The number of anilines is 2. The van der Waals surface area contributed by atoms with Crippen molar-refractivity contribution in [3.8, 4) is 0 Å². The topological polar surface area (TPSA) is 83.6 Å². The van der Waals surface area contributed by atoms with E-state index in [1.54, 1.807) is 72.8 Å². The Morgan fingerprint density at radius 1 is 0.800 bits per heavy atom. The van der Waals surface area contributed by atoms with Crippen LogP contribution < -0.4 is 9.62 Å². The van der Waals surface area contributed by atoms with Crippen molar-refractivity contribution < 1.29 is 18.0 Å². The van der Waals surface area contributed by atoms with Crippen molar-refractivity contribution in [2.45, 2.75) is 32.7 Å². The predicted octanol–water partition coefficient (Wildman–Crippen LogP) is 7.09. The summed E-state index contributed by atoms with van der Waals surface area (Å²) in [5, 5.41) is 3.29. The number of hydrogen-bond acceptors (Lipinski definition) is 4. The summed E-state index contributed by atoms with van der Waals surface area (Å²) in [6, 6.07) is 27.6. The summed E-state index contributed by atoms with van der Waals surface area (Å²) in [7, 11) is -3.62. The second-order valence-electron chi connectivity index (χ2n) is 10.6. The molecule has 0 saturated heterocycles. The number of amides is 1. The quantitative estimate of drug-likeness (QED) is 0.228. The molecule has 0 unspecified atom stereocenters. The van der Waals surface area contributed by atoms with E-state index in [1.807, 2.05) is 24.3 Å². The largest absolute Gasteiger partial charge is 0.322 e. The number of ketones is 1.